The van der Waals surface area contributed by atoms with E-state index in [-0.39, 0.29) is 18.3 Å². The minimum atomic E-state index is -0.293. The number of rotatable bonds is 5. The minimum Gasteiger partial charge on any atom is -0.483 e. The summed E-state index contributed by atoms with van der Waals surface area (Å²) in [7, 11) is 0. The van der Waals surface area contributed by atoms with E-state index in [2.05, 4.69) is 10.3 Å². The van der Waals surface area contributed by atoms with E-state index < -0.39 is 0 Å². The molecule has 0 atom stereocenters. The Kier molecular flexibility index (Phi) is 4.66. The fourth-order valence-electron chi connectivity index (χ4n) is 1.85. The van der Waals surface area contributed by atoms with Crippen LogP contribution in [0.15, 0.2) is 42.6 Å². The molecule has 0 bridgehead atoms. The quantitative estimate of drug-likeness (QED) is 0.857. The molecule has 108 valence electrons. The zero-order valence-electron chi connectivity index (χ0n) is 11.9. The number of nitrogens with one attached hydrogen (secondary N) is 1. The molecule has 1 heterocycles. The van der Waals surface area contributed by atoms with E-state index in [9.17, 15) is 9.59 Å². The number of amides is 1. The SMILES string of the molecule is CC(=O)c1ccccc1OCC(=O)Nc1ccnc(C)c1. The number of benzene rings is 1. The number of aromatic nitrogens is 1. The fraction of sp³-hybridized carbons (Fsp3) is 0.188. The van der Waals surface area contributed by atoms with E-state index in [4.69, 9.17) is 4.74 Å². The molecule has 1 aromatic heterocycles. The van der Waals surface area contributed by atoms with E-state index in [1.54, 1.807) is 42.6 Å². The highest BCUT2D eigenvalue weighted by molar-refractivity contribution is 5.97. The third kappa shape index (κ3) is 4.14. The molecule has 0 fully saturated rings. The average molecular weight is 284 g/mol. The number of anilines is 1. The van der Waals surface area contributed by atoms with Crippen molar-refractivity contribution < 1.29 is 14.3 Å². The average Bonchev–Trinajstić information content (AvgIpc) is 2.45. The summed E-state index contributed by atoms with van der Waals surface area (Å²) in [6.07, 6.45) is 1.62. The summed E-state index contributed by atoms with van der Waals surface area (Å²) in [6.45, 7) is 3.14. The Morgan fingerprint density at radius 1 is 1.24 bits per heavy atom. The second-order valence-corrected chi connectivity index (χ2v) is 4.58. The Hall–Kier alpha value is -2.69. The molecule has 2 aromatic rings. The number of para-hydroxylation sites is 1. The largest absolute Gasteiger partial charge is 0.483 e. The van der Waals surface area contributed by atoms with E-state index in [1.165, 1.54) is 6.92 Å². The molecular weight excluding hydrogens is 268 g/mol. The van der Waals surface area contributed by atoms with Gasteiger partial charge in [-0.3, -0.25) is 14.6 Å². The van der Waals surface area contributed by atoms with Crippen LogP contribution < -0.4 is 10.1 Å². The van der Waals surface area contributed by atoms with Crippen LogP contribution in [0.3, 0.4) is 0 Å². The first kappa shape index (κ1) is 14.7. The second kappa shape index (κ2) is 6.65. The predicted octanol–water partition coefficient (Wildman–Crippen LogP) is 2.61. The number of nitrogens with zero attached hydrogens (tertiary/aromatic N) is 1. The van der Waals surface area contributed by atoms with Crippen molar-refractivity contribution in [3.05, 3.63) is 53.9 Å². The number of hydrogen-bond acceptors (Lipinski definition) is 4. The maximum Gasteiger partial charge on any atom is 0.262 e. The van der Waals surface area contributed by atoms with Crippen LogP contribution in [0, 0.1) is 6.92 Å². The van der Waals surface area contributed by atoms with Crippen LogP contribution in [-0.2, 0) is 4.79 Å². The summed E-state index contributed by atoms with van der Waals surface area (Å²) >= 11 is 0. The van der Waals surface area contributed by atoms with Crippen molar-refractivity contribution in [2.75, 3.05) is 11.9 Å². The topological polar surface area (TPSA) is 68.3 Å². The van der Waals surface area contributed by atoms with Crippen LogP contribution in [0.25, 0.3) is 0 Å². The van der Waals surface area contributed by atoms with Gasteiger partial charge in [0.15, 0.2) is 12.4 Å². The zero-order valence-corrected chi connectivity index (χ0v) is 11.9. The van der Waals surface area contributed by atoms with Crippen LogP contribution in [0.1, 0.15) is 23.0 Å². The van der Waals surface area contributed by atoms with Gasteiger partial charge in [-0.25, -0.2) is 0 Å². The monoisotopic (exact) mass is 284 g/mol. The molecule has 1 amide bonds. The lowest BCUT2D eigenvalue weighted by Crippen LogP contribution is -2.20. The van der Waals surface area contributed by atoms with Crippen molar-refractivity contribution in [3.8, 4) is 5.75 Å². The van der Waals surface area contributed by atoms with Gasteiger partial charge < -0.3 is 10.1 Å². The van der Waals surface area contributed by atoms with Crippen LogP contribution in [-0.4, -0.2) is 23.3 Å². The third-order valence-electron chi connectivity index (χ3n) is 2.81. The van der Waals surface area contributed by atoms with E-state index in [0.29, 0.717) is 17.0 Å². The van der Waals surface area contributed by atoms with E-state index in [0.717, 1.165) is 5.69 Å². The smallest absolute Gasteiger partial charge is 0.262 e. The Morgan fingerprint density at radius 3 is 2.71 bits per heavy atom. The summed E-state index contributed by atoms with van der Waals surface area (Å²) in [4.78, 5) is 27.3. The van der Waals surface area contributed by atoms with Gasteiger partial charge in [0.1, 0.15) is 5.75 Å². The molecule has 1 N–H and O–H groups in total. The fourth-order valence-corrected chi connectivity index (χ4v) is 1.85. The molecule has 0 unspecified atom stereocenters. The Labute approximate surface area is 123 Å². The molecule has 0 saturated carbocycles. The van der Waals surface area contributed by atoms with Gasteiger partial charge in [-0.15, -0.1) is 0 Å². The summed E-state index contributed by atoms with van der Waals surface area (Å²) in [6, 6.07) is 10.3. The lowest BCUT2D eigenvalue weighted by atomic mass is 10.1. The molecule has 2 rings (SSSR count). The van der Waals surface area contributed by atoms with E-state index >= 15 is 0 Å². The predicted molar refractivity (Wildman–Crippen MR) is 79.5 cm³/mol. The number of hydrogen-bond donors (Lipinski definition) is 1. The van der Waals surface area contributed by atoms with Gasteiger partial charge in [-0.2, -0.15) is 0 Å². The van der Waals surface area contributed by atoms with Gasteiger partial charge in [0, 0.05) is 17.6 Å². The van der Waals surface area contributed by atoms with Crippen molar-refractivity contribution in [1.29, 1.82) is 0 Å². The van der Waals surface area contributed by atoms with Crippen molar-refractivity contribution in [2.45, 2.75) is 13.8 Å². The van der Waals surface area contributed by atoms with Gasteiger partial charge in [0.25, 0.3) is 5.91 Å². The minimum absolute atomic E-state index is 0.101. The Bertz CT molecular complexity index is 668. The summed E-state index contributed by atoms with van der Waals surface area (Å²) in [5, 5.41) is 2.71. The van der Waals surface area contributed by atoms with Crippen LogP contribution in [0.2, 0.25) is 0 Å². The first-order chi connectivity index (χ1) is 10.1. The number of carbonyl (C=O) groups excluding carboxylic acids is 2. The second-order valence-electron chi connectivity index (χ2n) is 4.58. The molecule has 0 radical (unpaired) electrons. The first-order valence-electron chi connectivity index (χ1n) is 6.51. The van der Waals surface area contributed by atoms with Crippen LogP contribution in [0.4, 0.5) is 5.69 Å². The molecule has 0 aliphatic carbocycles. The molecule has 21 heavy (non-hydrogen) atoms. The third-order valence-corrected chi connectivity index (χ3v) is 2.81. The number of Topliss-reactive ketones (excluding diaryl/α,β-unsaturated/α-hetero) is 1. The van der Waals surface area contributed by atoms with E-state index in [1.807, 2.05) is 6.92 Å². The van der Waals surface area contributed by atoms with Crippen LogP contribution >= 0.6 is 0 Å². The molecule has 1 aromatic carbocycles. The Morgan fingerprint density at radius 2 is 2.00 bits per heavy atom. The summed E-state index contributed by atoms with van der Waals surface area (Å²) in [5.74, 6) is 0.0146. The van der Waals surface area contributed by atoms with Crippen molar-refractivity contribution in [3.63, 3.8) is 0 Å². The highest BCUT2D eigenvalue weighted by Crippen LogP contribution is 2.18. The number of ether oxygens (including phenoxy) is 1. The molecule has 0 aliphatic heterocycles. The summed E-state index contributed by atoms with van der Waals surface area (Å²) in [5.41, 5.74) is 1.94. The van der Waals surface area contributed by atoms with Gasteiger partial charge in [-0.1, -0.05) is 12.1 Å². The standard InChI is InChI=1S/C16H16N2O3/c1-11-9-13(7-8-17-11)18-16(20)10-21-15-6-4-3-5-14(15)12(2)19/h3-9H,10H2,1-2H3,(H,17,18,20). The number of aryl methyl sites for hydroxylation is 1. The van der Waals surface area contributed by atoms with Gasteiger partial charge in [0.2, 0.25) is 0 Å². The van der Waals surface area contributed by atoms with Gasteiger partial charge in [-0.05, 0) is 38.1 Å². The number of pyridine rings is 1. The normalized spacial score (nSPS) is 10.0. The number of ketones is 1. The van der Waals surface area contributed by atoms with Crippen molar-refractivity contribution in [1.82, 2.24) is 4.98 Å². The first-order valence-corrected chi connectivity index (χ1v) is 6.51. The zero-order chi connectivity index (χ0) is 15.2. The Balaban J connectivity index is 1.97. The highest BCUT2D eigenvalue weighted by atomic mass is 16.5. The van der Waals surface area contributed by atoms with Crippen molar-refractivity contribution in [2.24, 2.45) is 0 Å². The maximum atomic E-state index is 11.8. The molecule has 5 nitrogen and oxygen atoms in total. The molecule has 0 saturated heterocycles. The highest BCUT2D eigenvalue weighted by Gasteiger charge is 2.09. The lowest BCUT2D eigenvalue weighted by Gasteiger charge is -2.10. The van der Waals surface area contributed by atoms with Crippen molar-refractivity contribution >= 4 is 17.4 Å². The summed E-state index contributed by atoms with van der Waals surface area (Å²) < 4.78 is 5.41. The molecule has 0 spiro atoms. The van der Waals surface area contributed by atoms with Crippen LogP contribution in [0.5, 0.6) is 5.75 Å². The molecular formula is C16H16N2O3. The van der Waals surface area contributed by atoms with Gasteiger partial charge >= 0.3 is 0 Å². The molecule has 5 heteroatoms. The maximum absolute atomic E-state index is 11.8. The number of carbonyl (C=O) groups is 2. The molecule has 0 aliphatic rings. The van der Waals surface area contributed by atoms with Gasteiger partial charge in [0.05, 0.1) is 5.56 Å². The lowest BCUT2D eigenvalue weighted by molar-refractivity contribution is -0.118.